The van der Waals surface area contributed by atoms with Crippen LogP contribution < -0.4 is 5.32 Å². The molecule has 0 bridgehead atoms. The quantitative estimate of drug-likeness (QED) is 0.610. The Morgan fingerprint density at radius 1 is 1.26 bits per heavy atom. The standard InChI is InChI=1S/C20H20FN3O2S/c1-14-3-2-4-17(9-14)23-19(26)13-27-20-22-10-18(12-25)24(20)11-15-5-7-16(21)8-6-15/h2-10,25H,11-13H2,1H3,(H,23,26). The fourth-order valence-corrected chi connectivity index (χ4v) is 3.42. The number of imidazole rings is 1. The van der Waals surface area contributed by atoms with Gasteiger partial charge in [0.05, 0.1) is 24.3 Å². The zero-order chi connectivity index (χ0) is 19.2. The number of aryl methyl sites for hydroxylation is 1. The monoisotopic (exact) mass is 385 g/mol. The van der Waals surface area contributed by atoms with E-state index in [1.807, 2.05) is 35.8 Å². The van der Waals surface area contributed by atoms with Gasteiger partial charge in [0, 0.05) is 12.2 Å². The van der Waals surface area contributed by atoms with Gasteiger partial charge in [0.2, 0.25) is 5.91 Å². The second-order valence-electron chi connectivity index (χ2n) is 6.11. The number of carbonyl (C=O) groups is 1. The summed E-state index contributed by atoms with van der Waals surface area (Å²) in [4.78, 5) is 16.5. The Balaban J connectivity index is 1.66. The number of aromatic nitrogens is 2. The Hall–Kier alpha value is -2.64. The lowest BCUT2D eigenvalue weighted by molar-refractivity contribution is -0.113. The summed E-state index contributed by atoms with van der Waals surface area (Å²) in [6.07, 6.45) is 1.59. The van der Waals surface area contributed by atoms with E-state index in [1.165, 1.54) is 23.9 Å². The molecule has 2 N–H and O–H groups in total. The van der Waals surface area contributed by atoms with Crippen molar-refractivity contribution >= 4 is 23.4 Å². The topological polar surface area (TPSA) is 67.2 Å². The minimum Gasteiger partial charge on any atom is -0.390 e. The summed E-state index contributed by atoms with van der Waals surface area (Å²) in [5, 5.41) is 13.0. The Morgan fingerprint density at radius 2 is 2.04 bits per heavy atom. The van der Waals surface area contributed by atoms with Crippen LogP contribution in [0.1, 0.15) is 16.8 Å². The minimum absolute atomic E-state index is 0.132. The number of nitrogens with zero attached hydrogens (tertiary/aromatic N) is 2. The number of hydrogen-bond acceptors (Lipinski definition) is 4. The molecule has 0 spiro atoms. The summed E-state index contributed by atoms with van der Waals surface area (Å²) in [5.41, 5.74) is 3.35. The number of thioether (sulfide) groups is 1. The van der Waals surface area contributed by atoms with Crippen LogP contribution in [0, 0.1) is 12.7 Å². The van der Waals surface area contributed by atoms with E-state index in [4.69, 9.17) is 0 Å². The summed E-state index contributed by atoms with van der Waals surface area (Å²) in [6.45, 7) is 2.25. The first kappa shape index (κ1) is 19.1. The molecule has 0 aliphatic rings. The van der Waals surface area contributed by atoms with Crippen LogP contribution in [-0.2, 0) is 17.9 Å². The maximum Gasteiger partial charge on any atom is 0.234 e. The Kier molecular flexibility index (Phi) is 6.26. The number of halogens is 1. The average molecular weight is 385 g/mol. The number of anilines is 1. The molecule has 27 heavy (non-hydrogen) atoms. The van der Waals surface area contributed by atoms with Crippen molar-refractivity contribution < 1.29 is 14.3 Å². The van der Waals surface area contributed by atoms with Gasteiger partial charge in [-0.05, 0) is 42.3 Å². The first-order chi connectivity index (χ1) is 13.0. The van der Waals surface area contributed by atoms with Crippen molar-refractivity contribution in [3.05, 3.63) is 77.4 Å². The fraction of sp³-hybridized carbons (Fsp3) is 0.200. The molecular weight excluding hydrogens is 365 g/mol. The molecular formula is C20H20FN3O2S. The van der Waals surface area contributed by atoms with E-state index in [0.29, 0.717) is 17.4 Å². The SMILES string of the molecule is Cc1cccc(NC(=O)CSc2ncc(CO)n2Cc2ccc(F)cc2)c1. The summed E-state index contributed by atoms with van der Waals surface area (Å²) in [6, 6.07) is 13.8. The highest BCUT2D eigenvalue weighted by Gasteiger charge is 2.13. The molecule has 0 unspecified atom stereocenters. The summed E-state index contributed by atoms with van der Waals surface area (Å²) in [7, 11) is 0. The third-order valence-electron chi connectivity index (χ3n) is 3.95. The van der Waals surface area contributed by atoms with Gasteiger partial charge in [-0.2, -0.15) is 0 Å². The zero-order valence-corrected chi connectivity index (χ0v) is 15.7. The van der Waals surface area contributed by atoms with Crippen LogP contribution in [-0.4, -0.2) is 26.3 Å². The highest BCUT2D eigenvalue weighted by atomic mass is 32.2. The van der Waals surface area contributed by atoms with Crippen molar-refractivity contribution in [3.63, 3.8) is 0 Å². The second-order valence-corrected chi connectivity index (χ2v) is 7.05. The van der Waals surface area contributed by atoms with Gasteiger partial charge in [0.15, 0.2) is 5.16 Å². The summed E-state index contributed by atoms with van der Waals surface area (Å²) < 4.78 is 14.9. The predicted octanol–water partition coefficient (Wildman–Crippen LogP) is 3.60. The smallest absolute Gasteiger partial charge is 0.234 e. The van der Waals surface area contributed by atoms with E-state index in [2.05, 4.69) is 10.3 Å². The van der Waals surface area contributed by atoms with Crippen molar-refractivity contribution in [1.29, 1.82) is 0 Å². The van der Waals surface area contributed by atoms with Crippen LogP contribution in [0.25, 0.3) is 0 Å². The molecule has 0 saturated heterocycles. The molecule has 0 fully saturated rings. The molecule has 5 nitrogen and oxygen atoms in total. The molecule has 1 aromatic heterocycles. The molecule has 1 amide bonds. The van der Waals surface area contributed by atoms with Gasteiger partial charge in [-0.3, -0.25) is 4.79 Å². The molecule has 0 aliphatic carbocycles. The predicted molar refractivity (Wildman–Crippen MR) is 104 cm³/mol. The van der Waals surface area contributed by atoms with Gasteiger partial charge < -0.3 is 15.0 Å². The van der Waals surface area contributed by atoms with E-state index in [9.17, 15) is 14.3 Å². The summed E-state index contributed by atoms with van der Waals surface area (Å²) in [5.74, 6) is -0.235. The molecule has 140 valence electrons. The number of aliphatic hydroxyl groups is 1. The molecule has 0 atom stereocenters. The van der Waals surface area contributed by atoms with Gasteiger partial charge in [0.25, 0.3) is 0 Å². The number of nitrogens with one attached hydrogen (secondary N) is 1. The lowest BCUT2D eigenvalue weighted by atomic mass is 10.2. The highest BCUT2D eigenvalue weighted by Crippen LogP contribution is 2.21. The van der Waals surface area contributed by atoms with Gasteiger partial charge in [-0.1, -0.05) is 36.0 Å². The van der Waals surface area contributed by atoms with Crippen LogP contribution in [0.3, 0.4) is 0 Å². The number of benzene rings is 2. The number of aliphatic hydroxyl groups excluding tert-OH is 1. The first-order valence-corrected chi connectivity index (χ1v) is 9.43. The van der Waals surface area contributed by atoms with Gasteiger partial charge >= 0.3 is 0 Å². The van der Waals surface area contributed by atoms with E-state index in [1.54, 1.807) is 18.3 Å². The Bertz CT molecular complexity index is 925. The molecule has 3 rings (SSSR count). The van der Waals surface area contributed by atoms with Gasteiger partial charge in [-0.15, -0.1) is 0 Å². The minimum atomic E-state index is -0.297. The number of rotatable bonds is 7. The second kappa shape index (κ2) is 8.83. The average Bonchev–Trinajstić information content (AvgIpc) is 3.03. The largest absolute Gasteiger partial charge is 0.390 e. The van der Waals surface area contributed by atoms with E-state index >= 15 is 0 Å². The van der Waals surface area contributed by atoms with Crippen molar-refractivity contribution in [3.8, 4) is 0 Å². The van der Waals surface area contributed by atoms with Crippen LogP contribution in [0.4, 0.5) is 10.1 Å². The van der Waals surface area contributed by atoms with E-state index in [-0.39, 0.29) is 24.1 Å². The third kappa shape index (κ3) is 5.18. The van der Waals surface area contributed by atoms with Crippen molar-refractivity contribution in [2.75, 3.05) is 11.1 Å². The van der Waals surface area contributed by atoms with E-state index < -0.39 is 0 Å². The van der Waals surface area contributed by atoms with Crippen LogP contribution in [0.15, 0.2) is 59.9 Å². The van der Waals surface area contributed by atoms with Gasteiger partial charge in [-0.25, -0.2) is 9.37 Å². The maximum absolute atomic E-state index is 13.1. The van der Waals surface area contributed by atoms with Crippen LogP contribution in [0.2, 0.25) is 0 Å². The number of amides is 1. The van der Waals surface area contributed by atoms with Crippen molar-refractivity contribution in [1.82, 2.24) is 9.55 Å². The van der Waals surface area contributed by atoms with Crippen molar-refractivity contribution in [2.45, 2.75) is 25.2 Å². The summed E-state index contributed by atoms with van der Waals surface area (Å²) >= 11 is 1.29. The van der Waals surface area contributed by atoms with Crippen LogP contribution >= 0.6 is 11.8 Å². The number of hydrogen-bond donors (Lipinski definition) is 2. The molecule has 0 saturated carbocycles. The molecule has 1 heterocycles. The Morgan fingerprint density at radius 3 is 2.74 bits per heavy atom. The lowest BCUT2D eigenvalue weighted by Gasteiger charge is -2.11. The molecule has 3 aromatic rings. The highest BCUT2D eigenvalue weighted by molar-refractivity contribution is 7.99. The molecule has 0 radical (unpaired) electrons. The van der Waals surface area contributed by atoms with Crippen molar-refractivity contribution in [2.24, 2.45) is 0 Å². The zero-order valence-electron chi connectivity index (χ0n) is 14.9. The maximum atomic E-state index is 13.1. The molecule has 0 aliphatic heterocycles. The first-order valence-electron chi connectivity index (χ1n) is 8.44. The number of carbonyl (C=O) groups excluding carboxylic acids is 1. The Labute approximate surface area is 161 Å². The fourth-order valence-electron chi connectivity index (χ4n) is 2.62. The third-order valence-corrected chi connectivity index (χ3v) is 4.94. The normalized spacial score (nSPS) is 10.8. The molecule has 7 heteroatoms. The van der Waals surface area contributed by atoms with Gasteiger partial charge in [0.1, 0.15) is 5.82 Å². The van der Waals surface area contributed by atoms with E-state index in [0.717, 1.165) is 16.8 Å². The lowest BCUT2D eigenvalue weighted by Crippen LogP contribution is -2.15. The van der Waals surface area contributed by atoms with Crippen LogP contribution in [0.5, 0.6) is 0 Å². The molecule has 2 aromatic carbocycles.